The van der Waals surface area contributed by atoms with Crippen molar-refractivity contribution in [3.63, 3.8) is 0 Å². The predicted molar refractivity (Wildman–Crippen MR) is 73.7 cm³/mol. The third-order valence-corrected chi connectivity index (χ3v) is 3.56. The first-order chi connectivity index (χ1) is 9.63. The Kier molecular flexibility index (Phi) is 2.79. The zero-order chi connectivity index (χ0) is 14.3. The molecule has 0 saturated carbocycles. The van der Waals surface area contributed by atoms with Crippen molar-refractivity contribution in [2.24, 2.45) is 0 Å². The van der Waals surface area contributed by atoms with E-state index < -0.39 is 6.09 Å². The van der Waals surface area contributed by atoms with Crippen molar-refractivity contribution in [1.82, 2.24) is 0 Å². The topological polar surface area (TPSA) is 60.4 Å². The molecule has 0 heterocycles. The van der Waals surface area contributed by atoms with Crippen LogP contribution in [-0.4, -0.2) is 18.4 Å². The molecule has 1 aliphatic rings. The maximum Gasteiger partial charge on any atom is 0.194 e. The fourth-order valence-corrected chi connectivity index (χ4v) is 2.60. The van der Waals surface area contributed by atoms with E-state index in [4.69, 9.17) is 0 Å². The first-order valence-electron chi connectivity index (χ1n) is 6.40. The van der Waals surface area contributed by atoms with Gasteiger partial charge in [-0.3, -0.25) is 4.79 Å². The van der Waals surface area contributed by atoms with Crippen LogP contribution in [0.3, 0.4) is 0 Å². The first kappa shape index (κ1) is 12.4. The van der Waals surface area contributed by atoms with E-state index in [2.05, 4.69) is 0 Å². The molecule has 0 fully saturated rings. The maximum absolute atomic E-state index is 12.3. The molecule has 0 unspecified atom stereocenters. The monoisotopic (exact) mass is 266 g/mol. The number of rotatable bonds is 2. The summed E-state index contributed by atoms with van der Waals surface area (Å²) in [7, 11) is 0. The fraction of sp³-hybridized carbons (Fsp3) is 0.125. The largest absolute Gasteiger partial charge is 0.530 e. The second-order valence-corrected chi connectivity index (χ2v) is 4.61. The second kappa shape index (κ2) is 4.49. The highest BCUT2D eigenvalue weighted by molar-refractivity contribution is 6.22. The van der Waals surface area contributed by atoms with Crippen molar-refractivity contribution in [2.45, 2.75) is 6.92 Å². The van der Waals surface area contributed by atoms with Crippen LogP contribution in [0.5, 0.6) is 0 Å². The van der Waals surface area contributed by atoms with Crippen molar-refractivity contribution in [3.05, 3.63) is 53.6 Å². The molecule has 0 saturated heterocycles. The van der Waals surface area contributed by atoms with Crippen LogP contribution in [0.15, 0.2) is 42.5 Å². The highest BCUT2D eigenvalue weighted by atomic mass is 16.4. The van der Waals surface area contributed by atoms with Crippen LogP contribution in [0.25, 0.3) is 11.1 Å². The van der Waals surface area contributed by atoms with Crippen LogP contribution in [0.4, 0.5) is 10.5 Å². The fourth-order valence-electron chi connectivity index (χ4n) is 2.60. The molecule has 0 radical (unpaired) electrons. The normalized spacial score (nSPS) is 11.9. The van der Waals surface area contributed by atoms with Crippen molar-refractivity contribution in [3.8, 4) is 11.1 Å². The van der Waals surface area contributed by atoms with Crippen LogP contribution in [-0.2, 0) is 0 Å². The molecule has 0 aromatic heterocycles. The standard InChI is InChI=1S/C16H13NO3/c1-2-17(16(19)20)10-7-8-12-11-5-3-4-6-13(11)15(18)14(12)9-10/h3-9H,2H2,1H3,(H,19,20)/p-1. The summed E-state index contributed by atoms with van der Waals surface area (Å²) < 4.78 is 0. The summed E-state index contributed by atoms with van der Waals surface area (Å²) in [5.74, 6) is -0.0631. The van der Waals surface area contributed by atoms with E-state index in [0.717, 1.165) is 16.0 Å². The molecular weight excluding hydrogens is 254 g/mol. The highest BCUT2D eigenvalue weighted by Crippen LogP contribution is 2.38. The molecule has 2 aromatic rings. The van der Waals surface area contributed by atoms with Gasteiger partial charge in [0.15, 0.2) is 5.78 Å². The Hall–Kier alpha value is -2.62. The molecule has 0 N–H and O–H groups in total. The predicted octanol–water partition coefficient (Wildman–Crippen LogP) is 2.07. The van der Waals surface area contributed by atoms with Crippen molar-refractivity contribution < 1.29 is 14.7 Å². The van der Waals surface area contributed by atoms with Crippen molar-refractivity contribution in [2.75, 3.05) is 11.4 Å². The van der Waals surface area contributed by atoms with Gasteiger partial charge in [0.05, 0.1) is 0 Å². The van der Waals surface area contributed by atoms with Gasteiger partial charge in [0.1, 0.15) is 6.09 Å². The van der Waals surface area contributed by atoms with Crippen LogP contribution >= 0.6 is 0 Å². The van der Waals surface area contributed by atoms with Gasteiger partial charge in [0.2, 0.25) is 0 Å². The quantitative estimate of drug-likeness (QED) is 0.713. The zero-order valence-electron chi connectivity index (χ0n) is 10.9. The Balaban J connectivity index is 2.13. The Morgan fingerprint density at radius 2 is 1.70 bits per heavy atom. The molecule has 4 nitrogen and oxygen atoms in total. The van der Waals surface area contributed by atoms with Crippen LogP contribution < -0.4 is 10.0 Å². The third kappa shape index (κ3) is 1.69. The van der Waals surface area contributed by atoms with Gasteiger partial charge < -0.3 is 14.8 Å². The van der Waals surface area contributed by atoms with Crippen LogP contribution in [0, 0.1) is 0 Å². The van der Waals surface area contributed by atoms with Crippen molar-refractivity contribution >= 4 is 17.6 Å². The summed E-state index contributed by atoms with van der Waals surface area (Å²) in [6.45, 7) is 2.00. The SMILES string of the molecule is CCN(C(=O)[O-])c1ccc2c(c1)C(=O)c1ccccc1-2. The number of carbonyl (C=O) groups is 2. The molecule has 0 atom stereocenters. The van der Waals surface area contributed by atoms with E-state index >= 15 is 0 Å². The number of benzene rings is 2. The molecule has 20 heavy (non-hydrogen) atoms. The lowest BCUT2D eigenvalue weighted by molar-refractivity contribution is -0.246. The van der Waals surface area contributed by atoms with E-state index in [0.29, 0.717) is 16.8 Å². The molecule has 0 aliphatic heterocycles. The number of amides is 1. The van der Waals surface area contributed by atoms with E-state index in [9.17, 15) is 14.7 Å². The van der Waals surface area contributed by atoms with E-state index in [1.807, 2.05) is 18.2 Å². The average Bonchev–Trinajstić information content (AvgIpc) is 2.73. The first-order valence-corrected chi connectivity index (χ1v) is 6.40. The molecular formula is C16H12NO3-. The molecule has 1 amide bonds. The van der Waals surface area contributed by atoms with E-state index in [1.54, 1.807) is 31.2 Å². The molecule has 3 rings (SSSR count). The number of nitrogens with zero attached hydrogens (tertiary/aromatic N) is 1. The van der Waals surface area contributed by atoms with Crippen LogP contribution in [0.1, 0.15) is 22.8 Å². The zero-order valence-corrected chi connectivity index (χ0v) is 10.9. The maximum atomic E-state index is 12.3. The smallest absolute Gasteiger partial charge is 0.194 e. The van der Waals surface area contributed by atoms with Gasteiger partial charge in [-0.15, -0.1) is 0 Å². The van der Waals surface area contributed by atoms with Crippen molar-refractivity contribution in [1.29, 1.82) is 0 Å². The Labute approximate surface area is 116 Å². The summed E-state index contributed by atoms with van der Waals surface area (Å²) in [5.41, 5.74) is 3.42. The Bertz CT molecular complexity index is 721. The van der Waals surface area contributed by atoms with Gasteiger partial charge in [-0.05, 0) is 30.2 Å². The average molecular weight is 266 g/mol. The molecule has 0 spiro atoms. The number of carbonyl (C=O) groups excluding carboxylic acids is 2. The second-order valence-electron chi connectivity index (χ2n) is 4.61. The third-order valence-electron chi connectivity index (χ3n) is 3.56. The lowest BCUT2D eigenvalue weighted by atomic mass is 10.1. The number of carboxylic acid groups (broad SMARTS) is 1. The molecule has 0 bridgehead atoms. The van der Waals surface area contributed by atoms with E-state index in [1.165, 1.54) is 0 Å². The highest BCUT2D eigenvalue weighted by Gasteiger charge is 2.26. The van der Waals surface area contributed by atoms with Gasteiger partial charge in [-0.25, -0.2) is 0 Å². The summed E-state index contributed by atoms with van der Waals surface area (Å²) in [6, 6.07) is 12.5. The van der Waals surface area contributed by atoms with E-state index in [-0.39, 0.29) is 12.3 Å². The number of fused-ring (bicyclic) bond motifs is 3. The number of hydrogen-bond donors (Lipinski definition) is 0. The summed E-state index contributed by atoms with van der Waals surface area (Å²) >= 11 is 0. The summed E-state index contributed by atoms with van der Waals surface area (Å²) in [4.78, 5) is 24.5. The Morgan fingerprint density at radius 1 is 1.05 bits per heavy atom. The van der Waals surface area contributed by atoms with Gasteiger partial charge in [0.25, 0.3) is 0 Å². The number of anilines is 1. The number of ketones is 1. The minimum atomic E-state index is -1.27. The van der Waals surface area contributed by atoms with Gasteiger partial charge in [-0.2, -0.15) is 0 Å². The van der Waals surface area contributed by atoms with Crippen LogP contribution in [0.2, 0.25) is 0 Å². The Morgan fingerprint density at radius 3 is 2.35 bits per heavy atom. The minimum absolute atomic E-state index is 0.0631. The summed E-state index contributed by atoms with van der Waals surface area (Å²) in [6.07, 6.45) is -1.27. The van der Waals surface area contributed by atoms with Gasteiger partial charge in [0, 0.05) is 23.4 Å². The van der Waals surface area contributed by atoms with Gasteiger partial charge >= 0.3 is 0 Å². The number of hydrogen-bond acceptors (Lipinski definition) is 3. The summed E-state index contributed by atoms with van der Waals surface area (Å²) in [5, 5.41) is 11.1. The molecule has 100 valence electrons. The lowest BCUT2D eigenvalue weighted by Gasteiger charge is -2.23. The van der Waals surface area contributed by atoms with Gasteiger partial charge in [-0.1, -0.05) is 30.3 Å². The minimum Gasteiger partial charge on any atom is -0.530 e. The molecule has 1 aliphatic carbocycles. The lowest BCUT2D eigenvalue weighted by Crippen LogP contribution is -2.41. The molecule has 2 aromatic carbocycles. The molecule has 4 heteroatoms.